The number of hydrogen-bond donors (Lipinski definition) is 0. The van der Waals surface area contributed by atoms with E-state index in [1.165, 1.54) is 4.68 Å². The standard InChI is InChI=1S/C12H7Cl2N5/c13-9-4-1-3-8(7-9)10-16-11(14)18-12(17-10)19-6-2-5-15-19/h1-7H. The summed E-state index contributed by atoms with van der Waals surface area (Å²) < 4.78 is 1.52. The number of nitrogens with zero attached hydrogens (tertiary/aromatic N) is 5. The third kappa shape index (κ3) is 2.57. The first-order valence-corrected chi connectivity index (χ1v) is 6.15. The van der Waals surface area contributed by atoms with Gasteiger partial charge in [0, 0.05) is 23.0 Å². The molecule has 5 nitrogen and oxygen atoms in total. The van der Waals surface area contributed by atoms with Crippen LogP contribution in [0.3, 0.4) is 0 Å². The highest BCUT2D eigenvalue weighted by Gasteiger charge is 2.09. The van der Waals surface area contributed by atoms with Crippen molar-refractivity contribution in [3.05, 3.63) is 53.0 Å². The maximum Gasteiger partial charge on any atom is 0.255 e. The first-order valence-electron chi connectivity index (χ1n) is 5.40. The van der Waals surface area contributed by atoms with Gasteiger partial charge in [0.25, 0.3) is 5.95 Å². The van der Waals surface area contributed by atoms with E-state index >= 15 is 0 Å². The van der Waals surface area contributed by atoms with E-state index in [1.807, 2.05) is 12.1 Å². The Kier molecular flexibility index (Phi) is 3.15. The van der Waals surface area contributed by atoms with Gasteiger partial charge in [-0.2, -0.15) is 20.1 Å². The summed E-state index contributed by atoms with van der Waals surface area (Å²) in [6.45, 7) is 0. The van der Waals surface area contributed by atoms with Gasteiger partial charge in [0.15, 0.2) is 5.82 Å². The number of aromatic nitrogens is 5. The minimum atomic E-state index is 0.107. The predicted molar refractivity (Wildman–Crippen MR) is 72.4 cm³/mol. The highest BCUT2D eigenvalue weighted by molar-refractivity contribution is 6.30. The van der Waals surface area contributed by atoms with E-state index in [-0.39, 0.29) is 5.28 Å². The number of rotatable bonds is 2. The average Bonchev–Trinajstić information content (AvgIpc) is 2.92. The molecule has 0 N–H and O–H groups in total. The first kappa shape index (κ1) is 12.1. The van der Waals surface area contributed by atoms with Gasteiger partial charge in [0.1, 0.15) is 0 Å². The molecule has 19 heavy (non-hydrogen) atoms. The topological polar surface area (TPSA) is 56.5 Å². The van der Waals surface area contributed by atoms with Crippen LogP contribution in [0.2, 0.25) is 10.3 Å². The van der Waals surface area contributed by atoms with E-state index in [1.54, 1.807) is 30.6 Å². The molecule has 0 amide bonds. The van der Waals surface area contributed by atoms with Gasteiger partial charge in [0.05, 0.1) is 0 Å². The number of halogens is 2. The van der Waals surface area contributed by atoms with E-state index in [0.717, 1.165) is 5.56 Å². The molecule has 7 heteroatoms. The van der Waals surface area contributed by atoms with Crippen molar-refractivity contribution in [3.63, 3.8) is 0 Å². The Bertz CT molecular complexity index is 712. The summed E-state index contributed by atoms with van der Waals surface area (Å²) >= 11 is 11.9. The molecule has 0 radical (unpaired) electrons. The Morgan fingerprint density at radius 1 is 1.00 bits per heavy atom. The molecule has 0 unspecified atom stereocenters. The summed E-state index contributed by atoms with van der Waals surface area (Å²) in [6, 6.07) is 8.99. The van der Waals surface area contributed by atoms with Crippen molar-refractivity contribution in [2.75, 3.05) is 0 Å². The second-order valence-corrected chi connectivity index (χ2v) is 4.46. The average molecular weight is 292 g/mol. The molecule has 1 aromatic carbocycles. The molecule has 0 bridgehead atoms. The molecule has 3 aromatic rings. The zero-order valence-corrected chi connectivity index (χ0v) is 11.0. The predicted octanol–water partition coefficient (Wildman–Crippen LogP) is 3.03. The summed E-state index contributed by atoms with van der Waals surface area (Å²) in [5, 5.41) is 4.77. The van der Waals surface area contributed by atoms with Gasteiger partial charge in [-0.25, -0.2) is 4.68 Å². The summed E-state index contributed by atoms with van der Waals surface area (Å²) in [7, 11) is 0. The van der Waals surface area contributed by atoms with E-state index in [0.29, 0.717) is 16.8 Å². The lowest BCUT2D eigenvalue weighted by atomic mass is 10.2. The second kappa shape index (κ2) is 4.95. The molecule has 3 rings (SSSR count). The first-order chi connectivity index (χ1) is 9.22. The van der Waals surface area contributed by atoms with Crippen LogP contribution in [-0.2, 0) is 0 Å². The zero-order chi connectivity index (χ0) is 13.2. The largest absolute Gasteiger partial charge is 0.255 e. The Morgan fingerprint density at radius 2 is 1.89 bits per heavy atom. The molecule has 0 spiro atoms. The zero-order valence-electron chi connectivity index (χ0n) is 9.53. The molecule has 2 heterocycles. The van der Waals surface area contributed by atoms with Crippen LogP contribution in [0.25, 0.3) is 17.3 Å². The smallest absolute Gasteiger partial charge is 0.206 e. The van der Waals surface area contributed by atoms with Gasteiger partial charge in [-0.3, -0.25) is 0 Å². The maximum absolute atomic E-state index is 5.95. The van der Waals surface area contributed by atoms with Crippen LogP contribution < -0.4 is 0 Å². The van der Waals surface area contributed by atoms with Crippen LogP contribution >= 0.6 is 23.2 Å². The van der Waals surface area contributed by atoms with Gasteiger partial charge in [0.2, 0.25) is 5.28 Å². The Morgan fingerprint density at radius 3 is 2.63 bits per heavy atom. The van der Waals surface area contributed by atoms with Crippen molar-refractivity contribution in [3.8, 4) is 17.3 Å². The molecule has 0 atom stereocenters. The van der Waals surface area contributed by atoms with Crippen molar-refractivity contribution >= 4 is 23.2 Å². The van der Waals surface area contributed by atoms with Crippen molar-refractivity contribution < 1.29 is 0 Å². The third-order valence-electron chi connectivity index (χ3n) is 2.39. The van der Waals surface area contributed by atoms with Gasteiger partial charge >= 0.3 is 0 Å². The Labute approximate surface area is 118 Å². The van der Waals surface area contributed by atoms with Crippen molar-refractivity contribution in [1.82, 2.24) is 24.7 Å². The monoisotopic (exact) mass is 291 g/mol. The van der Waals surface area contributed by atoms with Gasteiger partial charge in [-0.1, -0.05) is 23.7 Å². The van der Waals surface area contributed by atoms with Crippen LogP contribution in [0.4, 0.5) is 0 Å². The van der Waals surface area contributed by atoms with Gasteiger partial charge in [-0.05, 0) is 29.8 Å². The molecule has 0 aliphatic rings. The summed E-state index contributed by atoms with van der Waals surface area (Å²) in [4.78, 5) is 12.5. The fraction of sp³-hybridized carbons (Fsp3) is 0. The number of hydrogen-bond acceptors (Lipinski definition) is 4. The molecular weight excluding hydrogens is 285 g/mol. The molecular formula is C12H7Cl2N5. The lowest BCUT2D eigenvalue weighted by Gasteiger charge is -2.04. The van der Waals surface area contributed by atoms with Crippen LogP contribution in [-0.4, -0.2) is 24.7 Å². The summed E-state index contributed by atoms with van der Waals surface area (Å²) in [5.41, 5.74) is 0.769. The third-order valence-corrected chi connectivity index (χ3v) is 2.79. The van der Waals surface area contributed by atoms with Crippen LogP contribution in [0, 0.1) is 0 Å². The molecule has 0 saturated carbocycles. The normalized spacial score (nSPS) is 10.6. The Hall–Kier alpha value is -1.98. The highest BCUT2D eigenvalue weighted by atomic mass is 35.5. The van der Waals surface area contributed by atoms with Gasteiger partial charge < -0.3 is 0 Å². The molecule has 0 aliphatic heterocycles. The fourth-order valence-electron chi connectivity index (χ4n) is 1.59. The lowest BCUT2D eigenvalue weighted by Crippen LogP contribution is -2.04. The molecule has 94 valence electrons. The lowest BCUT2D eigenvalue weighted by molar-refractivity contribution is 0.798. The van der Waals surface area contributed by atoms with E-state index in [4.69, 9.17) is 23.2 Å². The minimum absolute atomic E-state index is 0.107. The molecule has 0 aliphatic carbocycles. The minimum Gasteiger partial charge on any atom is -0.206 e. The molecule has 2 aromatic heterocycles. The quantitative estimate of drug-likeness (QED) is 0.728. The second-order valence-electron chi connectivity index (χ2n) is 3.69. The SMILES string of the molecule is Clc1cccc(-c2nc(Cl)nc(-n3cccn3)n2)c1. The van der Waals surface area contributed by atoms with Crippen molar-refractivity contribution in [2.45, 2.75) is 0 Å². The summed E-state index contributed by atoms with van der Waals surface area (Å²) in [6.07, 6.45) is 3.37. The number of benzene rings is 1. The summed E-state index contributed by atoms with van der Waals surface area (Å²) in [5.74, 6) is 0.813. The highest BCUT2D eigenvalue weighted by Crippen LogP contribution is 2.20. The molecule has 0 fully saturated rings. The van der Waals surface area contributed by atoms with E-state index < -0.39 is 0 Å². The van der Waals surface area contributed by atoms with E-state index in [9.17, 15) is 0 Å². The van der Waals surface area contributed by atoms with Crippen molar-refractivity contribution in [2.24, 2.45) is 0 Å². The van der Waals surface area contributed by atoms with Crippen LogP contribution in [0.1, 0.15) is 0 Å². The van der Waals surface area contributed by atoms with Crippen LogP contribution in [0.5, 0.6) is 0 Å². The van der Waals surface area contributed by atoms with Gasteiger partial charge in [-0.15, -0.1) is 0 Å². The van der Waals surface area contributed by atoms with E-state index in [2.05, 4.69) is 20.1 Å². The van der Waals surface area contributed by atoms with Crippen molar-refractivity contribution in [1.29, 1.82) is 0 Å². The fourth-order valence-corrected chi connectivity index (χ4v) is 1.93. The maximum atomic E-state index is 5.95. The Balaban J connectivity index is 2.12. The van der Waals surface area contributed by atoms with Crippen LogP contribution in [0.15, 0.2) is 42.7 Å². The molecule has 0 saturated heterocycles.